The number of rotatable bonds is 4. The summed E-state index contributed by atoms with van der Waals surface area (Å²) < 4.78 is 10.2. The lowest BCUT2D eigenvalue weighted by Gasteiger charge is -2.34. The lowest BCUT2D eigenvalue weighted by atomic mass is 10.2. The van der Waals surface area contributed by atoms with Crippen molar-refractivity contribution in [2.75, 3.05) is 25.5 Å². The topological polar surface area (TPSA) is 84.9 Å². The SMILES string of the molecule is COC(=O)c1ccc(NC(=O)/C(C)=C/C(=O)N2CC(C)OC(C)C2)cc1. The van der Waals surface area contributed by atoms with Crippen molar-refractivity contribution in [2.24, 2.45) is 0 Å². The molecule has 1 fully saturated rings. The van der Waals surface area contributed by atoms with E-state index in [0.717, 1.165) is 0 Å². The van der Waals surface area contributed by atoms with Crippen LogP contribution in [0.4, 0.5) is 5.69 Å². The lowest BCUT2D eigenvalue weighted by Crippen LogP contribution is -2.47. The number of benzene rings is 1. The Kier molecular flexibility index (Phi) is 6.52. The van der Waals surface area contributed by atoms with E-state index in [1.807, 2.05) is 13.8 Å². The highest BCUT2D eigenvalue weighted by Gasteiger charge is 2.25. The molecule has 1 aliphatic rings. The number of carbonyl (C=O) groups is 3. The number of amides is 2. The second kappa shape index (κ2) is 8.62. The number of methoxy groups -OCH3 is 1. The number of hydrogen-bond acceptors (Lipinski definition) is 5. The number of carbonyl (C=O) groups excluding carboxylic acids is 3. The van der Waals surface area contributed by atoms with E-state index in [0.29, 0.717) is 29.9 Å². The van der Waals surface area contributed by atoms with Crippen LogP contribution in [-0.4, -0.2) is 55.1 Å². The van der Waals surface area contributed by atoms with E-state index in [1.54, 1.807) is 36.1 Å². The summed E-state index contributed by atoms with van der Waals surface area (Å²) in [5.74, 6) is -1.03. The van der Waals surface area contributed by atoms with Crippen LogP contribution in [-0.2, 0) is 19.1 Å². The predicted octanol–water partition coefficient (Wildman–Crippen LogP) is 1.99. The first kappa shape index (κ1) is 19.7. The van der Waals surface area contributed by atoms with Crippen LogP contribution >= 0.6 is 0 Å². The average Bonchev–Trinajstić information content (AvgIpc) is 2.60. The molecule has 1 aromatic carbocycles. The predicted molar refractivity (Wildman–Crippen MR) is 96.8 cm³/mol. The molecule has 0 bridgehead atoms. The Bertz CT molecular complexity index is 701. The Morgan fingerprint density at radius 3 is 2.27 bits per heavy atom. The molecule has 1 aliphatic heterocycles. The number of ether oxygens (including phenoxy) is 2. The van der Waals surface area contributed by atoms with Gasteiger partial charge in [-0.1, -0.05) is 0 Å². The van der Waals surface area contributed by atoms with Gasteiger partial charge in [-0.2, -0.15) is 0 Å². The van der Waals surface area contributed by atoms with Crippen molar-refractivity contribution < 1.29 is 23.9 Å². The number of nitrogens with zero attached hydrogens (tertiary/aromatic N) is 1. The standard InChI is InChI=1S/C19H24N2O5/c1-12(9-17(22)21-10-13(2)26-14(3)11-21)18(23)20-16-7-5-15(6-8-16)19(24)25-4/h5-9,13-14H,10-11H2,1-4H3,(H,20,23)/b12-9+. The van der Waals surface area contributed by atoms with Crippen molar-refractivity contribution in [1.82, 2.24) is 4.90 Å². The van der Waals surface area contributed by atoms with E-state index in [4.69, 9.17) is 4.74 Å². The van der Waals surface area contributed by atoms with Gasteiger partial charge in [0.05, 0.1) is 24.9 Å². The summed E-state index contributed by atoms with van der Waals surface area (Å²) in [6, 6.07) is 6.32. The third-order valence-corrected chi connectivity index (χ3v) is 3.99. The van der Waals surface area contributed by atoms with E-state index < -0.39 is 5.97 Å². The van der Waals surface area contributed by atoms with Crippen LogP contribution in [0.2, 0.25) is 0 Å². The summed E-state index contributed by atoms with van der Waals surface area (Å²) in [5.41, 5.74) is 1.22. The van der Waals surface area contributed by atoms with E-state index in [-0.39, 0.29) is 24.0 Å². The summed E-state index contributed by atoms with van der Waals surface area (Å²) in [7, 11) is 1.30. The fourth-order valence-electron chi connectivity index (χ4n) is 2.74. The second-order valence-electron chi connectivity index (χ2n) is 6.35. The highest BCUT2D eigenvalue weighted by Crippen LogP contribution is 2.14. The van der Waals surface area contributed by atoms with Gasteiger partial charge in [-0.05, 0) is 45.0 Å². The van der Waals surface area contributed by atoms with Gasteiger partial charge in [0, 0.05) is 30.4 Å². The quantitative estimate of drug-likeness (QED) is 0.656. The monoisotopic (exact) mass is 360 g/mol. The molecule has 1 aromatic rings. The fraction of sp³-hybridized carbons (Fsp3) is 0.421. The first-order valence-electron chi connectivity index (χ1n) is 8.42. The lowest BCUT2D eigenvalue weighted by molar-refractivity contribution is -0.138. The van der Waals surface area contributed by atoms with Crippen LogP contribution in [0.25, 0.3) is 0 Å². The zero-order chi connectivity index (χ0) is 19.3. The van der Waals surface area contributed by atoms with Crippen LogP contribution in [0.3, 0.4) is 0 Å². The highest BCUT2D eigenvalue weighted by molar-refractivity contribution is 6.07. The third kappa shape index (κ3) is 5.16. The normalized spacial score (nSPS) is 20.5. The maximum absolute atomic E-state index is 12.4. The molecule has 2 amide bonds. The van der Waals surface area contributed by atoms with Gasteiger partial charge in [-0.15, -0.1) is 0 Å². The Hall–Kier alpha value is -2.67. The molecular weight excluding hydrogens is 336 g/mol. The van der Waals surface area contributed by atoms with Crippen LogP contribution < -0.4 is 5.32 Å². The van der Waals surface area contributed by atoms with Crippen LogP contribution in [0.15, 0.2) is 35.9 Å². The first-order chi connectivity index (χ1) is 12.3. The van der Waals surface area contributed by atoms with Crippen molar-refractivity contribution in [2.45, 2.75) is 33.0 Å². The van der Waals surface area contributed by atoms with Crippen molar-refractivity contribution in [3.63, 3.8) is 0 Å². The molecule has 7 heteroatoms. The molecular formula is C19H24N2O5. The van der Waals surface area contributed by atoms with Gasteiger partial charge in [0.2, 0.25) is 5.91 Å². The zero-order valence-corrected chi connectivity index (χ0v) is 15.4. The highest BCUT2D eigenvalue weighted by atomic mass is 16.5. The molecule has 0 aliphatic carbocycles. The molecule has 1 saturated heterocycles. The average molecular weight is 360 g/mol. The van der Waals surface area contributed by atoms with Gasteiger partial charge in [0.25, 0.3) is 5.91 Å². The molecule has 1 N–H and O–H groups in total. The van der Waals surface area contributed by atoms with E-state index >= 15 is 0 Å². The van der Waals surface area contributed by atoms with Crippen LogP contribution in [0.1, 0.15) is 31.1 Å². The number of nitrogens with one attached hydrogen (secondary N) is 1. The summed E-state index contributed by atoms with van der Waals surface area (Å²) in [4.78, 5) is 37.7. The molecule has 7 nitrogen and oxygen atoms in total. The number of hydrogen-bond donors (Lipinski definition) is 1. The molecule has 2 atom stereocenters. The molecule has 0 radical (unpaired) electrons. The van der Waals surface area contributed by atoms with Crippen molar-refractivity contribution >= 4 is 23.5 Å². The number of anilines is 1. The molecule has 0 saturated carbocycles. The molecule has 0 aromatic heterocycles. The van der Waals surface area contributed by atoms with Crippen LogP contribution in [0.5, 0.6) is 0 Å². The van der Waals surface area contributed by atoms with E-state index in [1.165, 1.54) is 13.2 Å². The molecule has 2 rings (SSSR count). The van der Waals surface area contributed by atoms with E-state index in [2.05, 4.69) is 10.1 Å². The molecule has 26 heavy (non-hydrogen) atoms. The first-order valence-corrected chi connectivity index (χ1v) is 8.42. The number of morpholine rings is 1. The van der Waals surface area contributed by atoms with Gasteiger partial charge in [-0.3, -0.25) is 9.59 Å². The van der Waals surface area contributed by atoms with Crippen molar-refractivity contribution in [3.8, 4) is 0 Å². The Morgan fingerprint density at radius 1 is 1.15 bits per heavy atom. The van der Waals surface area contributed by atoms with Gasteiger partial charge in [-0.25, -0.2) is 4.79 Å². The second-order valence-corrected chi connectivity index (χ2v) is 6.35. The Morgan fingerprint density at radius 2 is 1.73 bits per heavy atom. The summed E-state index contributed by atoms with van der Waals surface area (Å²) in [6.07, 6.45) is 1.28. The number of esters is 1. The maximum Gasteiger partial charge on any atom is 0.337 e. The van der Waals surface area contributed by atoms with Crippen LogP contribution in [0, 0.1) is 0 Å². The third-order valence-electron chi connectivity index (χ3n) is 3.99. The minimum Gasteiger partial charge on any atom is -0.465 e. The van der Waals surface area contributed by atoms with Gasteiger partial charge >= 0.3 is 5.97 Å². The van der Waals surface area contributed by atoms with Gasteiger partial charge < -0.3 is 19.7 Å². The van der Waals surface area contributed by atoms with Crippen molar-refractivity contribution in [3.05, 3.63) is 41.5 Å². The molecule has 140 valence electrons. The summed E-state index contributed by atoms with van der Waals surface area (Å²) in [5, 5.41) is 2.70. The van der Waals surface area contributed by atoms with E-state index in [9.17, 15) is 14.4 Å². The molecule has 0 spiro atoms. The largest absolute Gasteiger partial charge is 0.465 e. The molecule has 1 heterocycles. The molecule has 2 unspecified atom stereocenters. The van der Waals surface area contributed by atoms with Crippen molar-refractivity contribution in [1.29, 1.82) is 0 Å². The minimum absolute atomic E-state index is 0.0291. The summed E-state index contributed by atoms with van der Waals surface area (Å²) >= 11 is 0. The zero-order valence-electron chi connectivity index (χ0n) is 15.4. The smallest absolute Gasteiger partial charge is 0.337 e. The fourth-order valence-corrected chi connectivity index (χ4v) is 2.74. The Balaban J connectivity index is 1.98. The summed E-state index contributed by atoms with van der Waals surface area (Å²) in [6.45, 7) is 6.42. The Labute approximate surface area is 153 Å². The van der Waals surface area contributed by atoms with Gasteiger partial charge in [0.15, 0.2) is 0 Å². The van der Waals surface area contributed by atoms with Gasteiger partial charge in [0.1, 0.15) is 0 Å². The minimum atomic E-state index is -0.446. The maximum atomic E-state index is 12.4.